The molecule has 3 rings (SSSR count). The molecule has 0 fully saturated rings. The van der Waals surface area contributed by atoms with E-state index >= 15 is 0 Å². The van der Waals surface area contributed by atoms with Gasteiger partial charge in [-0.05, 0) is 42.4 Å². The highest BCUT2D eigenvalue weighted by molar-refractivity contribution is 7.71. The molecule has 0 saturated heterocycles. The second-order valence-electron chi connectivity index (χ2n) is 5.52. The van der Waals surface area contributed by atoms with Gasteiger partial charge in [0.1, 0.15) is 0 Å². The molecule has 0 aliphatic carbocycles. The number of hydrogen-bond acceptors (Lipinski definition) is 4. The lowest BCUT2D eigenvalue weighted by molar-refractivity contribution is 0.0538. The molecule has 0 radical (unpaired) electrons. The van der Waals surface area contributed by atoms with E-state index in [0.29, 0.717) is 34.2 Å². The molecule has 2 aromatic carbocycles. The van der Waals surface area contributed by atoms with E-state index in [9.17, 15) is 9.59 Å². The average Bonchev–Trinajstić information content (AvgIpc) is 2.62. The Hall–Kier alpha value is -2.77. The molecule has 1 heterocycles. The number of amides is 1. The van der Waals surface area contributed by atoms with Gasteiger partial charge in [0, 0.05) is 12.1 Å². The van der Waals surface area contributed by atoms with Crippen molar-refractivity contribution in [2.75, 3.05) is 7.11 Å². The number of carbonyl (C=O) groups excluding carboxylic acids is 1. The summed E-state index contributed by atoms with van der Waals surface area (Å²) >= 11 is 5.32. The fourth-order valence-corrected chi connectivity index (χ4v) is 2.92. The van der Waals surface area contributed by atoms with Gasteiger partial charge in [-0.25, -0.2) is 5.48 Å². The first-order valence-corrected chi connectivity index (χ1v) is 8.15. The summed E-state index contributed by atoms with van der Waals surface area (Å²) in [6.07, 6.45) is 0.706. The van der Waals surface area contributed by atoms with Crippen LogP contribution in [0.15, 0.2) is 53.3 Å². The Labute approximate surface area is 149 Å². The predicted octanol–water partition coefficient (Wildman–Crippen LogP) is 2.59. The summed E-state index contributed by atoms with van der Waals surface area (Å²) in [7, 11) is 1.36. The lowest BCUT2D eigenvalue weighted by Gasteiger charge is -2.09. The van der Waals surface area contributed by atoms with Crippen LogP contribution >= 0.6 is 12.2 Å². The molecule has 0 aliphatic heterocycles. The molecule has 0 unspecified atom stereocenters. The summed E-state index contributed by atoms with van der Waals surface area (Å²) in [5.74, 6) is -0.392. The van der Waals surface area contributed by atoms with Gasteiger partial charge in [-0.15, -0.1) is 0 Å². The summed E-state index contributed by atoms with van der Waals surface area (Å²) in [6.45, 7) is 0.486. The van der Waals surface area contributed by atoms with Crippen LogP contribution < -0.4 is 11.0 Å². The van der Waals surface area contributed by atoms with E-state index in [2.05, 4.69) is 15.3 Å². The standard InChI is InChI=1S/C18H17N3O3S/c1-24-20-16(22)13-7-8-14-15(11-13)19-18(25)21(17(14)23)10-9-12-5-3-2-4-6-12/h2-8,11H,9-10H2,1H3,(H,19,25)(H,20,22). The molecule has 0 saturated carbocycles. The van der Waals surface area contributed by atoms with Gasteiger partial charge in [-0.1, -0.05) is 30.3 Å². The maximum Gasteiger partial charge on any atom is 0.274 e. The van der Waals surface area contributed by atoms with Crippen molar-refractivity contribution in [1.82, 2.24) is 15.0 Å². The number of carbonyl (C=O) groups is 1. The highest BCUT2D eigenvalue weighted by Crippen LogP contribution is 2.11. The molecule has 3 aromatic rings. The van der Waals surface area contributed by atoms with Crippen LogP contribution in [0.1, 0.15) is 15.9 Å². The first-order chi connectivity index (χ1) is 12.1. The van der Waals surface area contributed by atoms with Gasteiger partial charge < -0.3 is 4.98 Å². The minimum absolute atomic E-state index is 0.173. The van der Waals surface area contributed by atoms with Crippen molar-refractivity contribution in [3.8, 4) is 0 Å². The molecular formula is C18H17N3O3S. The van der Waals surface area contributed by atoms with Gasteiger partial charge in [-0.2, -0.15) is 0 Å². The number of hydroxylamine groups is 1. The Morgan fingerprint density at radius 1 is 1.24 bits per heavy atom. The van der Waals surface area contributed by atoms with Crippen LogP contribution in [0.25, 0.3) is 10.9 Å². The highest BCUT2D eigenvalue weighted by atomic mass is 32.1. The average molecular weight is 355 g/mol. The minimum atomic E-state index is -0.392. The third-order valence-corrected chi connectivity index (χ3v) is 4.23. The Morgan fingerprint density at radius 2 is 2.00 bits per heavy atom. The maximum absolute atomic E-state index is 12.7. The molecule has 25 heavy (non-hydrogen) atoms. The monoisotopic (exact) mass is 355 g/mol. The van der Waals surface area contributed by atoms with Crippen LogP contribution in [0.5, 0.6) is 0 Å². The number of aromatic nitrogens is 2. The molecule has 0 aliphatic rings. The number of rotatable bonds is 5. The van der Waals surface area contributed by atoms with Crippen molar-refractivity contribution in [2.24, 2.45) is 0 Å². The van der Waals surface area contributed by atoms with E-state index in [1.54, 1.807) is 22.8 Å². The minimum Gasteiger partial charge on any atom is -0.332 e. The Bertz CT molecular complexity index is 1030. The summed E-state index contributed by atoms with van der Waals surface area (Å²) in [5.41, 5.74) is 4.10. The Kier molecular flexibility index (Phi) is 5.06. The van der Waals surface area contributed by atoms with Crippen LogP contribution in [0.4, 0.5) is 0 Å². The van der Waals surface area contributed by atoms with Crippen molar-refractivity contribution in [1.29, 1.82) is 0 Å². The van der Waals surface area contributed by atoms with Gasteiger partial charge >= 0.3 is 0 Å². The van der Waals surface area contributed by atoms with Crippen molar-refractivity contribution >= 4 is 29.0 Å². The molecule has 0 spiro atoms. The zero-order chi connectivity index (χ0) is 17.8. The summed E-state index contributed by atoms with van der Waals surface area (Å²) < 4.78 is 1.87. The van der Waals surface area contributed by atoms with Crippen LogP contribution in [-0.4, -0.2) is 22.6 Å². The van der Waals surface area contributed by atoms with E-state index in [1.807, 2.05) is 30.3 Å². The smallest absolute Gasteiger partial charge is 0.274 e. The molecule has 6 nitrogen and oxygen atoms in total. The molecule has 2 N–H and O–H groups in total. The Balaban J connectivity index is 1.96. The van der Waals surface area contributed by atoms with E-state index in [-0.39, 0.29) is 5.56 Å². The zero-order valence-corrected chi connectivity index (χ0v) is 14.4. The molecule has 1 aromatic heterocycles. The largest absolute Gasteiger partial charge is 0.332 e. The fourth-order valence-electron chi connectivity index (χ4n) is 2.64. The molecule has 1 amide bonds. The number of H-pyrrole nitrogens is 1. The summed E-state index contributed by atoms with van der Waals surface area (Å²) in [5, 5.41) is 0.482. The summed E-state index contributed by atoms with van der Waals surface area (Å²) in [4.78, 5) is 32.2. The van der Waals surface area contributed by atoms with Crippen LogP contribution in [0.3, 0.4) is 0 Å². The van der Waals surface area contributed by atoms with Gasteiger partial charge in [0.05, 0.1) is 18.0 Å². The number of hydrogen-bond donors (Lipinski definition) is 2. The number of fused-ring (bicyclic) bond motifs is 1. The number of aromatic amines is 1. The quantitative estimate of drug-likeness (QED) is 0.545. The predicted molar refractivity (Wildman–Crippen MR) is 98.0 cm³/mol. The maximum atomic E-state index is 12.7. The van der Waals surface area contributed by atoms with Crippen LogP contribution in [0.2, 0.25) is 0 Å². The van der Waals surface area contributed by atoms with Gasteiger partial charge in [0.2, 0.25) is 0 Å². The van der Waals surface area contributed by atoms with Crippen LogP contribution in [0, 0.1) is 4.77 Å². The molecular weight excluding hydrogens is 338 g/mol. The fraction of sp³-hybridized carbons (Fsp3) is 0.167. The van der Waals surface area contributed by atoms with Gasteiger partial charge in [0.25, 0.3) is 11.5 Å². The molecule has 128 valence electrons. The number of nitrogens with one attached hydrogen (secondary N) is 2. The second-order valence-corrected chi connectivity index (χ2v) is 5.90. The SMILES string of the molecule is CONC(=O)c1ccc2c(=O)n(CCc3ccccc3)c(=S)[nH]c2c1. The topological polar surface area (TPSA) is 76.1 Å². The number of benzene rings is 2. The highest BCUT2D eigenvalue weighted by Gasteiger charge is 2.10. The van der Waals surface area contributed by atoms with E-state index in [0.717, 1.165) is 5.56 Å². The third-order valence-electron chi connectivity index (χ3n) is 3.91. The van der Waals surface area contributed by atoms with Gasteiger partial charge in [0.15, 0.2) is 4.77 Å². The second kappa shape index (κ2) is 7.42. The van der Waals surface area contributed by atoms with E-state index < -0.39 is 5.91 Å². The third kappa shape index (κ3) is 3.67. The van der Waals surface area contributed by atoms with E-state index in [1.165, 1.54) is 7.11 Å². The lowest BCUT2D eigenvalue weighted by atomic mass is 10.1. The lowest BCUT2D eigenvalue weighted by Crippen LogP contribution is -2.24. The van der Waals surface area contributed by atoms with Gasteiger partial charge in [-0.3, -0.25) is 19.0 Å². The zero-order valence-electron chi connectivity index (χ0n) is 13.6. The first kappa shape index (κ1) is 17.1. The summed E-state index contributed by atoms with van der Waals surface area (Å²) in [6, 6.07) is 14.7. The normalized spacial score (nSPS) is 10.8. The van der Waals surface area contributed by atoms with Crippen molar-refractivity contribution < 1.29 is 9.63 Å². The van der Waals surface area contributed by atoms with Crippen LogP contribution in [-0.2, 0) is 17.8 Å². The van der Waals surface area contributed by atoms with Crippen molar-refractivity contribution in [3.05, 3.63) is 74.8 Å². The van der Waals surface area contributed by atoms with Crippen molar-refractivity contribution in [2.45, 2.75) is 13.0 Å². The molecule has 7 heteroatoms. The molecule has 0 bridgehead atoms. The van der Waals surface area contributed by atoms with E-state index in [4.69, 9.17) is 12.2 Å². The molecule has 0 atom stereocenters. The van der Waals surface area contributed by atoms with Crippen molar-refractivity contribution in [3.63, 3.8) is 0 Å². The number of nitrogens with zero attached hydrogens (tertiary/aromatic N) is 1. The number of aryl methyl sites for hydroxylation is 1. The first-order valence-electron chi connectivity index (χ1n) is 7.74. The Morgan fingerprint density at radius 3 is 2.72 bits per heavy atom.